The number of anilines is 1. The summed E-state index contributed by atoms with van der Waals surface area (Å²) in [5.41, 5.74) is 3.13. The summed E-state index contributed by atoms with van der Waals surface area (Å²) < 4.78 is 41.1. The van der Waals surface area contributed by atoms with E-state index in [0.717, 1.165) is 37.8 Å². The second-order valence-electron chi connectivity index (χ2n) is 16.1. The number of fused-ring (bicyclic) bond motifs is 4. The molecule has 3 heterocycles. The highest BCUT2D eigenvalue weighted by atomic mass is 35.5. The van der Waals surface area contributed by atoms with Gasteiger partial charge in [0, 0.05) is 48.3 Å². The summed E-state index contributed by atoms with van der Waals surface area (Å²) in [7, 11) is 3.02. The molecule has 1 spiro atoms. The largest absolute Gasteiger partial charge is 0.490 e. The number of nitrogens with zero attached hydrogens (tertiary/aromatic N) is 5. The molecule has 2 aromatic carbocycles. The quantitative estimate of drug-likeness (QED) is 0.247. The van der Waals surface area contributed by atoms with E-state index in [1.165, 1.54) is 29.1 Å². The van der Waals surface area contributed by atoms with Crippen molar-refractivity contribution >= 4 is 45.0 Å². The molecule has 2 aliphatic carbocycles. The Labute approximate surface area is 334 Å². The van der Waals surface area contributed by atoms with Crippen molar-refractivity contribution in [2.45, 2.75) is 57.0 Å². The zero-order valence-corrected chi connectivity index (χ0v) is 34.2. The molecule has 1 aromatic heterocycles. The number of esters is 1. The number of hydrogen-bond donors (Lipinski definition) is 1. The molecule has 2 bridgehead atoms. The first-order valence-electron chi connectivity index (χ1n) is 19.3. The fourth-order valence-corrected chi connectivity index (χ4v) is 10.7. The number of methoxy groups -OCH3 is 1. The van der Waals surface area contributed by atoms with Crippen molar-refractivity contribution in [2.75, 3.05) is 58.1 Å². The Kier molecular flexibility index (Phi) is 11.5. The van der Waals surface area contributed by atoms with Gasteiger partial charge >= 0.3 is 5.97 Å². The third-order valence-electron chi connectivity index (χ3n) is 11.4. The predicted octanol–water partition coefficient (Wildman–Crippen LogP) is 5.60. The molecule has 3 aromatic rings. The molecule has 1 saturated carbocycles. The lowest BCUT2D eigenvalue weighted by Crippen LogP contribution is -2.50. The Morgan fingerprint density at radius 3 is 2.75 bits per heavy atom. The van der Waals surface area contributed by atoms with Gasteiger partial charge in [-0.05, 0) is 112 Å². The van der Waals surface area contributed by atoms with Crippen molar-refractivity contribution in [1.82, 2.24) is 19.4 Å². The van der Waals surface area contributed by atoms with E-state index >= 15 is 0 Å². The Morgan fingerprint density at radius 1 is 1.18 bits per heavy atom. The third-order valence-corrected chi connectivity index (χ3v) is 13.7. The van der Waals surface area contributed by atoms with Gasteiger partial charge in [-0.2, -0.15) is 0 Å². The van der Waals surface area contributed by atoms with E-state index in [4.69, 9.17) is 25.8 Å². The number of rotatable bonds is 6. The van der Waals surface area contributed by atoms with Crippen LogP contribution in [0.1, 0.15) is 70.9 Å². The summed E-state index contributed by atoms with van der Waals surface area (Å²) in [6, 6.07) is 11.3. The summed E-state index contributed by atoms with van der Waals surface area (Å²) in [6.07, 6.45) is 10.0. The van der Waals surface area contributed by atoms with Crippen LogP contribution < -0.4 is 19.1 Å². The van der Waals surface area contributed by atoms with Crippen LogP contribution in [0.2, 0.25) is 5.02 Å². The van der Waals surface area contributed by atoms with Crippen LogP contribution in [0, 0.1) is 17.8 Å². The number of aryl methyl sites for hydroxylation is 2. The average Bonchev–Trinajstić information content (AvgIpc) is 3.44. The molecule has 300 valence electrons. The number of aromatic nitrogens is 2. The number of nitrogens with one attached hydrogen (secondary N) is 1. The lowest BCUT2D eigenvalue weighted by molar-refractivity contribution is -0.152. The molecule has 7 rings (SSSR count). The minimum absolute atomic E-state index is 0.0555. The van der Waals surface area contributed by atoms with Crippen molar-refractivity contribution in [3.63, 3.8) is 0 Å². The van der Waals surface area contributed by atoms with Crippen LogP contribution in [0.25, 0.3) is 0 Å². The molecule has 1 N–H and O–H groups in total. The van der Waals surface area contributed by atoms with Crippen LogP contribution >= 0.6 is 11.6 Å². The van der Waals surface area contributed by atoms with Crippen molar-refractivity contribution in [2.24, 2.45) is 29.2 Å². The Balaban J connectivity index is 1.31. The average molecular weight is 807 g/mol. The molecule has 4 aliphatic rings. The highest BCUT2D eigenvalue weighted by molar-refractivity contribution is 7.92. The van der Waals surface area contributed by atoms with Gasteiger partial charge in [-0.25, -0.2) is 4.21 Å². The van der Waals surface area contributed by atoms with Gasteiger partial charge in [-0.3, -0.25) is 28.7 Å². The molecule has 1 fully saturated rings. The third kappa shape index (κ3) is 8.47. The number of carbonyl (C=O) groups is 3. The first kappa shape index (κ1) is 39.8. The molecule has 0 saturated heterocycles. The molecular weight excluding hydrogens is 756 g/mol. The van der Waals surface area contributed by atoms with E-state index in [0.29, 0.717) is 36.9 Å². The maximum Gasteiger partial charge on any atom is 0.320 e. The Hall–Kier alpha value is -4.40. The van der Waals surface area contributed by atoms with Gasteiger partial charge in [0.05, 0.1) is 31.7 Å². The number of allylic oxidation sites excluding steroid dienone is 1. The second kappa shape index (κ2) is 16.2. The van der Waals surface area contributed by atoms with Crippen molar-refractivity contribution in [1.29, 1.82) is 0 Å². The number of hydrogen-bond acceptors (Lipinski definition) is 10. The summed E-state index contributed by atoms with van der Waals surface area (Å²) in [6.45, 7) is 3.76. The van der Waals surface area contributed by atoms with Gasteiger partial charge in [0.25, 0.3) is 11.8 Å². The van der Waals surface area contributed by atoms with E-state index in [1.54, 1.807) is 30.1 Å². The van der Waals surface area contributed by atoms with Crippen molar-refractivity contribution in [3.05, 3.63) is 82.0 Å². The number of carbonyl (C=O) groups excluding carboxylic acids is 3. The molecule has 6 atom stereocenters. The van der Waals surface area contributed by atoms with Crippen LogP contribution in [-0.2, 0) is 38.3 Å². The monoisotopic (exact) mass is 806 g/mol. The van der Waals surface area contributed by atoms with E-state index in [1.807, 2.05) is 39.2 Å². The lowest BCUT2D eigenvalue weighted by Gasteiger charge is -2.46. The number of benzene rings is 2. The van der Waals surface area contributed by atoms with Crippen molar-refractivity contribution in [3.8, 4) is 11.6 Å². The van der Waals surface area contributed by atoms with Gasteiger partial charge in [-0.15, -0.1) is 9.46 Å². The van der Waals surface area contributed by atoms with E-state index in [9.17, 15) is 18.6 Å². The fourth-order valence-electron chi connectivity index (χ4n) is 8.66. The number of amides is 2. The minimum atomic E-state index is -3.68. The lowest BCUT2D eigenvalue weighted by atomic mass is 9.68. The van der Waals surface area contributed by atoms with E-state index in [2.05, 4.69) is 31.2 Å². The number of halogens is 1. The SMILES string of the molecule is COc1nn(C)cc1C(=O)N[S@@]1(=O)=NC(=O)c2ccc3c(c2)N(C[C@@H]2CC[C@H]2[C@@H](OC(=O)CN(C)C)/C=C/C[C@H](C)C1)C[C@@]1(CCCc2cc(Cl)ccc21)CO3. The summed E-state index contributed by atoms with van der Waals surface area (Å²) in [5, 5.41) is 4.86. The van der Waals surface area contributed by atoms with Gasteiger partial charge in [0.15, 0.2) is 0 Å². The topological polar surface area (TPSA) is 145 Å². The number of likely N-dealkylation sites (N-methyl/N-ethyl adjacent to an activating group) is 1. The Morgan fingerprint density at radius 2 is 2.00 bits per heavy atom. The predicted molar refractivity (Wildman–Crippen MR) is 215 cm³/mol. The molecule has 2 aliphatic heterocycles. The molecule has 15 heteroatoms. The van der Waals surface area contributed by atoms with Crippen LogP contribution in [-0.4, -0.2) is 96.0 Å². The molecule has 0 unspecified atom stereocenters. The normalized spacial score (nSPS) is 28.1. The summed E-state index contributed by atoms with van der Waals surface area (Å²) in [5.74, 6) is -1.18. The molecule has 13 nitrogen and oxygen atoms in total. The van der Waals surface area contributed by atoms with Crippen LogP contribution in [0.5, 0.6) is 11.6 Å². The van der Waals surface area contributed by atoms with Gasteiger partial charge in [0.1, 0.15) is 27.3 Å². The first-order valence-corrected chi connectivity index (χ1v) is 21.3. The van der Waals surface area contributed by atoms with Crippen molar-refractivity contribution < 1.29 is 32.8 Å². The zero-order valence-electron chi connectivity index (χ0n) is 32.7. The maximum absolute atomic E-state index is 14.7. The van der Waals surface area contributed by atoms with Gasteiger partial charge < -0.3 is 19.1 Å². The van der Waals surface area contributed by atoms with Crippen LogP contribution in [0.15, 0.2) is 59.1 Å². The molecule has 0 radical (unpaired) electrons. The maximum atomic E-state index is 14.7. The smallest absolute Gasteiger partial charge is 0.320 e. The van der Waals surface area contributed by atoms with Crippen LogP contribution in [0.3, 0.4) is 0 Å². The molecule has 56 heavy (non-hydrogen) atoms. The standard InChI is InChI=1S/C41H51ClN6O7S/c1-26-8-6-10-35(55-37(49)22-46(2)3)31-14-11-29(31)20-48-24-41(17-7-9-27-18-30(42)13-15-33(27)41)25-54-36-16-12-28(19-34(36)48)38(50)44-56(52,23-26)45-39(51)32-21-47(4)43-40(32)53-5/h6,10,12-13,15-16,18-19,21,26,29,31,35H,7-9,11,14,17,20,22-25H2,1-5H3,(H,44,45,50,51,52)/b10-6+/t26-,29-,31+,35-,41-,56-/m0/s1. The fraction of sp³-hybridized carbons (Fsp3) is 0.512. The highest BCUT2D eigenvalue weighted by Crippen LogP contribution is 2.47. The van der Waals surface area contributed by atoms with E-state index in [-0.39, 0.29) is 58.4 Å². The number of ether oxygens (including phenoxy) is 3. The zero-order chi connectivity index (χ0) is 39.8. The second-order valence-corrected chi connectivity index (χ2v) is 18.5. The molecule has 2 amide bonds. The van der Waals surface area contributed by atoms with Gasteiger partial charge in [0.2, 0.25) is 5.88 Å². The highest BCUT2D eigenvalue weighted by Gasteiger charge is 2.45. The van der Waals surface area contributed by atoms with Crippen LogP contribution in [0.4, 0.5) is 5.69 Å². The first-order chi connectivity index (χ1) is 26.7. The summed E-state index contributed by atoms with van der Waals surface area (Å²) in [4.78, 5) is 44.9. The minimum Gasteiger partial charge on any atom is -0.490 e. The summed E-state index contributed by atoms with van der Waals surface area (Å²) >= 11 is 6.48. The molecular formula is C41H51ClN6O7S. The van der Waals surface area contributed by atoms with E-state index < -0.39 is 27.8 Å². The Bertz CT molecular complexity index is 2160. The van der Waals surface area contributed by atoms with Gasteiger partial charge in [-0.1, -0.05) is 30.7 Å².